The van der Waals surface area contributed by atoms with Crippen molar-refractivity contribution in [3.63, 3.8) is 0 Å². The molecular formula is C10H7FN2O4. The van der Waals surface area contributed by atoms with Crippen LogP contribution >= 0.6 is 0 Å². The zero-order valence-electron chi connectivity index (χ0n) is 8.55. The van der Waals surface area contributed by atoms with Gasteiger partial charge in [0.25, 0.3) is 11.8 Å². The molecule has 88 valence electrons. The number of amides is 2. The third kappa shape index (κ3) is 2.27. The molecule has 0 spiro atoms. The third-order valence-electron chi connectivity index (χ3n) is 2.14. The summed E-state index contributed by atoms with van der Waals surface area (Å²) < 4.78 is 12.7. The van der Waals surface area contributed by atoms with E-state index in [9.17, 15) is 18.8 Å². The van der Waals surface area contributed by atoms with Crippen molar-refractivity contribution < 1.29 is 23.6 Å². The van der Waals surface area contributed by atoms with Crippen LogP contribution in [0.15, 0.2) is 18.3 Å². The summed E-state index contributed by atoms with van der Waals surface area (Å²) in [5.74, 6) is -3.00. The third-order valence-corrected chi connectivity index (χ3v) is 2.14. The maximum atomic E-state index is 12.7. The predicted molar refractivity (Wildman–Crippen MR) is 50.7 cm³/mol. The molecule has 0 aliphatic carbocycles. The van der Waals surface area contributed by atoms with Crippen LogP contribution in [0.2, 0.25) is 0 Å². The van der Waals surface area contributed by atoms with E-state index in [0.29, 0.717) is 5.06 Å². The average Bonchev–Trinajstić information content (AvgIpc) is 2.61. The number of aromatic nitrogens is 1. The monoisotopic (exact) mass is 237 g/mol. The lowest BCUT2D eigenvalue weighted by Crippen LogP contribution is -2.32. The molecule has 0 N–H and O–H groups in total. The van der Waals surface area contributed by atoms with Crippen molar-refractivity contribution in [3.05, 3.63) is 29.8 Å². The highest BCUT2D eigenvalue weighted by molar-refractivity contribution is 6.02. The number of carbonyl (C=O) groups excluding carboxylic acids is 3. The van der Waals surface area contributed by atoms with E-state index in [2.05, 4.69) is 9.82 Å². The molecule has 1 aromatic rings. The van der Waals surface area contributed by atoms with Gasteiger partial charge < -0.3 is 4.84 Å². The van der Waals surface area contributed by atoms with Crippen molar-refractivity contribution in [1.29, 1.82) is 0 Å². The van der Waals surface area contributed by atoms with Gasteiger partial charge >= 0.3 is 5.97 Å². The lowest BCUT2D eigenvalue weighted by atomic mass is 10.3. The van der Waals surface area contributed by atoms with Crippen LogP contribution in [0, 0.1) is 5.95 Å². The van der Waals surface area contributed by atoms with Crippen LogP contribution in [0.3, 0.4) is 0 Å². The number of hydrogen-bond acceptors (Lipinski definition) is 5. The first-order valence-corrected chi connectivity index (χ1v) is 4.77. The number of hydrogen-bond donors (Lipinski definition) is 0. The molecule has 1 aliphatic heterocycles. The highest BCUT2D eigenvalue weighted by Gasteiger charge is 2.33. The molecule has 2 amide bonds. The molecule has 0 aromatic carbocycles. The Labute approximate surface area is 94.9 Å². The fraction of sp³-hybridized carbons (Fsp3) is 0.200. The van der Waals surface area contributed by atoms with Gasteiger partial charge in [0.05, 0.1) is 5.56 Å². The molecule has 7 heteroatoms. The number of imide groups is 1. The molecular weight excluding hydrogens is 230 g/mol. The SMILES string of the molecule is O=C(ON1C(=O)CCC1=O)c1ccnc([18F])c1. The van der Waals surface area contributed by atoms with Crippen molar-refractivity contribution in [2.24, 2.45) is 0 Å². The molecule has 1 aromatic heterocycles. The number of halogens is 1. The molecule has 17 heavy (non-hydrogen) atoms. The van der Waals surface area contributed by atoms with E-state index in [-0.39, 0.29) is 18.4 Å². The van der Waals surface area contributed by atoms with Crippen molar-refractivity contribution >= 4 is 17.8 Å². The Balaban J connectivity index is 2.12. The van der Waals surface area contributed by atoms with Crippen LogP contribution in [0.5, 0.6) is 0 Å². The van der Waals surface area contributed by atoms with Gasteiger partial charge in [0.2, 0.25) is 5.95 Å². The zero-order valence-corrected chi connectivity index (χ0v) is 8.55. The van der Waals surface area contributed by atoms with Crippen LogP contribution in [0.1, 0.15) is 23.2 Å². The summed E-state index contributed by atoms with van der Waals surface area (Å²) in [6.45, 7) is 0. The Morgan fingerprint density at radius 1 is 1.35 bits per heavy atom. The van der Waals surface area contributed by atoms with Gasteiger partial charge in [-0.1, -0.05) is 0 Å². The zero-order chi connectivity index (χ0) is 12.4. The summed E-state index contributed by atoms with van der Waals surface area (Å²) in [5, 5.41) is 0.403. The molecule has 2 heterocycles. The number of carbonyl (C=O) groups is 3. The van der Waals surface area contributed by atoms with E-state index in [1.165, 1.54) is 6.07 Å². The van der Waals surface area contributed by atoms with Crippen molar-refractivity contribution in [2.45, 2.75) is 12.8 Å². The summed E-state index contributed by atoms with van der Waals surface area (Å²) in [5.41, 5.74) is -0.120. The fourth-order valence-corrected chi connectivity index (χ4v) is 1.32. The normalized spacial score (nSPS) is 15.2. The van der Waals surface area contributed by atoms with E-state index >= 15 is 0 Å². The van der Waals surface area contributed by atoms with E-state index < -0.39 is 23.7 Å². The van der Waals surface area contributed by atoms with Crippen LogP contribution in [0.25, 0.3) is 0 Å². The average molecular weight is 237 g/mol. The smallest absolute Gasteiger partial charge is 0.325 e. The van der Waals surface area contributed by atoms with Gasteiger partial charge in [-0.25, -0.2) is 9.78 Å². The minimum Gasteiger partial charge on any atom is -0.325 e. The molecule has 6 nitrogen and oxygen atoms in total. The van der Waals surface area contributed by atoms with E-state index in [4.69, 9.17) is 0 Å². The summed E-state index contributed by atoms with van der Waals surface area (Å²) in [4.78, 5) is 41.6. The molecule has 1 aliphatic rings. The fourth-order valence-electron chi connectivity index (χ4n) is 1.32. The van der Waals surface area contributed by atoms with E-state index in [1.807, 2.05) is 0 Å². The van der Waals surface area contributed by atoms with Gasteiger partial charge in [-0.2, -0.15) is 4.39 Å². The molecule has 0 unspecified atom stereocenters. The maximum absolute atomic E-state index is 12.7. The van der Waals surface area contributed by atoms with Crippen molar-refractivity contribution in [2.75, 3.05) is 0 Å². The molecule has 1 saturated heterocycles. The summed E-state index contributed by atoms with van der Waals surface area (Å²) in [6, 6.07) is 2.07. The van der Waals surface area contributed by atoms with E-state index in [0.717, 1.165) is 12.3 Å². The van der Waals surface area contributed by atoms with Gasteiger partial charge in [-0.05, 0) is 6.07 Å². The maximum Gasteiger partial charge on any atom is 0.364 e. The Hall–Kier alpha value is -2.31. The second-order valence-electron chi connectivity index (χ2n) is 3.33. The van der Waals surface area contributed by atoms with Crippen LogP contribution in [-0.2, 0) is 14.4 Å². The van der Waals surface area contributed by atoms with Crippen LogP contribution in [0.4, 0.5) is 4.39 Å². The standard InChI is InChI=1S/C10H7FN2O4/c11-7-5-6(3-4-12-7)10(16)17-13-8(14)1-2-9(13)15/h3-5H,1-2H2/i11-1. The Bertz CT molecular complexity index is 487. The summed E-state index contributed by atoms with van der Waals surface area (Å²) in [7, 11) is 0. The summed E-state index contributed by atoms with van der Waals surface area (Å²) in [6.07, 6.45) is 1.10. The minimum absolute atomic E-state index is 0.0107. The molecule has 2 rings (SSSR count). The van der Waals surface area contributed by atoms with Gasteiger partial charge in [-0.15, -0.1) is 5.06 Å². The highest BCUT2D eigenvalue weighted by Crippen LogP contribution is 2.14. The van der Waals surface area contributed by atoms with Crippen molar-refractivity contribution in [1.82, 2.24) is 10.0 Å². The van der Waals surface area contributed by atoms with Crippen LogP contribution < -0.4 is 0 Å². The first-order chi connectivity index (χ1) is 8.08. The van der Waals surface area contributed by atoms with Gasteiger partial charge in [-0.3, -0.25) is 9.59 Å². The number of pyridine rings is 1. The van der Waals surface area contributed by atoms with Gasteiger partial charge in [0.15, 0.2) is 0 Å². The Kier molecular flexibility index (Phi) is 2.82. The topological polar surface area (TPSA) is 76.6 Å². The largest absolute Gasteiger partial charge is 0.364 e. The number of hydroxylamine groups is 2. The van der Waals surface area contributed by atoms with Crippen LogP contribution in [-0.4, -0.2) is 27.8 Å². The molecule has 0 bridgehead atoms. The van der Waals surface area contributed by atoms with E-state index in [1.54, 1.807) is 0 Å². The highest BCUT2D eigenvalue weighted by atomic mass is 18.2. The summed E-state index contributed by atoms with van der Waals surface area (Å²) >= 11 is 0. The van der Waals surface area contributed by atoms with Gasteiger partial charge in [0.1, 0.15) is 0 Å². The minimum atomic E-state index is -0.977. The predicted octanol–water partition coefficient (Wildman–Crippen LogP) is 0.442. The first-order valence-electron chi connectivity index (χ1n) is 4.77. The molecule has 0 radical (unpaired) electrons. The molecule has 0 saturated carbocycles. The Morgan fingerprint density at radius 3 is 2.59 bits per heavy atom. The molecule has 0 atom stereocenters. The lowest BCUT2D eigenvalue weighted by molar-refractivity contribution is -0.172. The Morgan fingerprint density at radius 2 is 2.00 bits per heavy atom. The number of rotatable bonds is 2. The quantitative estimate of drug-likeness (QED) is 0.551. The van der Waals surface area contributed by atoms with Gasteiger partial charge in [0, 0.05) is 25.1 Å². The lowest BCUT2D eigenvalue weighted by Gasteiger charge is -2.12. The second kappa shape index (κ2) is 4.28. The second-order valence-corrected chi connectivity index (χ2v) is 3.33. The molecule has 1 fully saturated rings. The number of nitrogens with zero attached hydrogens (tertiary/aromatic N) is 2. The van der Waals surface area contributed by atoms with Crippen molar-refractivity contribution in [3.8, 4) is 0 Å². The first kappa shape index (κ1) is 11.2.